The van der Waals surface area contributed by atoms with Crippen molar-refractivity contribution in [2.24, 2.45) is 0 Å². The number of benzene rings is 2. The highest BCUT2D eigenvalue weighted by atomic mass is 16.3. The molecule has 0 heterocycles. The van der Waals surface area contributed by atoms with Crippen LogP contribution in [0.3, 0.4) is 0 Å². The highest BCUT2D eigenvalue weighted by molar-refractivity contribution is 6.04. The summed E-state index contributed by atoms with van der Waals surface area (Å²) in [4.78, 5) is 12.8. The van der Waals surface area contributed by atoms with Crippen LogP contribution < -0.4 is 5.32 Å². The molecule has 2 aromatic rings. The smallest absolute Gasteiger partial charge is 0.255 e. The number of phenols is 1. The van der Waals surface area contributed by atoms with Gasteiger partial charge in [-0.2, -0.15) is 5.26 Å². The van der Waals surface area contributed by atoms with E-state index >= 15 is 0 Å². The lowest BCUT2D eigenvalue weighted by molar-refractivity contribution is 0.102. The summed E-state index contributed by atoms with van der Waals surface area (Å²) in [5.41, 5.74) is 2.40. The number of carbonyl (C=O) groups excluding carboxylic acids is 1. The Morgan fingerprint density at radius 3 is 2.00 bits per heavy atom. The van der Waals surface area contributed by atoms with Gasteiger partial charge in [0.15, 0.2) is 0 Å². The van der Waals surface area contributed by atoms with E-state index < -0.39 is 0 Å². The number of hydrogen-bond acceptors (Lipinski definition) is 3. The molecule has 0 fully saturated rings. The second-order valence-corrected chi connectivity index (χ2v) is 8.57. The molecule has 0 saturated heterocycles. The highest BCUT2D eigenvalue weighted by Gasteiger charge is 2.27. The zero-order chi connectivity index (χ0) is 19.7. The van der Waals surface area contributed by atoms with Crippen LogP contribution in [-0.4, -0.2) is 11.0 Å². The maximum absolute atomic E-state index is 12.8. The predicted molar refractivity (Wildman–Crippen MR) is 105 cm³/mol. The molecule has 1 amide bonds. The van der Waals surface area contributed by atoms with Crippen LogP contribution in [-0.2, 0) is 10.8 Å². The molecule has 0 radical (unpaired) electrons. The largest absolute Gasteiger partial charge is 0.507 e. The minimum Gasteiger partial charge on any atom is -0.507 e. The van der Waals surface area contributed by atoms with E-state index in [1.54, 1.807) is 36.4 Å². The topological polar surface area (TPSA) is 73.1 Å². The van der Waals surface area contributed by atoms with Gasteiger partial charge in [0.05, 0.1) is 11.6 Å². The van der Waals surface area contributed by atoms with Crippen LogP contribution in [0.25, 0.3) is 0 Å². The average molecular weight is 350 g/mol. The van der Waals surface area contributed by atoms with E-state index in [9.17, 15) is 9.90 Å². The molecule has 4 heteroatoms. The fraction of sp³-hybridized carbons (Fsp3) is 0.364. The Bertz CT molecular complexity index is 843. The maximum atomic E-state index is 12.8. The van der Waals surface area contributed by atoms with Crippen molar-refractivity contribution in [3.05, 3.63) is 58.7 Å². The molecule has 0 aliphatic carbocycles. The molecule has 4 nitrogen and oxygen atoms in total. The summed E-state index contributed by atoms with van der Waals surface area (Å²) >= 11 is 0. The number of phenolic OH excluding ortho intramolecular Hbond substituents is 1. The number of aromatic hydroxyl groups is 1. The third-order valence-electron chi connectivity index (χ3n) is 4.24. The van der Waals surface area contributed by atoms with E-state index in [-0.39, 0.29) is 22.5 Å². The number of anilines is 1. The second-order valence-electron chi connectivity index (χ2n) is 8.57. The molecule has 0 aliphatic rings. The van der Waals surface area contributed by atoms with Gasteiger partial charge in [-0.15, -0.1) is 0 Å². The van der Waals surface area contributed by atoms with Crippen molar-refractivity contribution in [3.63, 3.8) is 0 Å². The van der Waals surface area contributed by atoms with Crippen molar-refractivity contribution in [2.75, 3.05) is 5.32 Å². The quantitative estimate of drug-likeness (QED) is 0.790. The Kier molecular flexibility index (Phi) is 5.13. The van der Waals surface area contributed by atoms with Crippen LogP contribution in [0.15, 0.2) is 36.4 Å². The molecule has 0 bridgehead atoms. The Morgan fingerprint density at radius 1 is 1.00 bits per heavy atom. The molecule has 2 rings (SSSR count). The van der Waals surface area contributed by atoms with Crippen molar-refractivity contribution >= 4 is 11.6 Å². The Hall–Kier alpha value is -2.80. The van der Waals surface area contributed by atoms with Crippen molar-refractivity contribution in [1.29, 1.82) is 5.26 Å². The lowest BCUT2D eigenvalue weighted by atomic mass is 9.78. The summed E-state index contributed by atoms with van der Waals surface area (Å²) in [6, 6.07) is 12.3. The van der Waals surface area contributed by atoms with Gasteiger partial charge >= 0.3 is 0 Å². The van der Waals surface area contributed by atoms with Crippen molar-refractivity contribution in [3.8, 4) is 11.8 Å². The zero-order valence-corrected chi connectivity index (χ0v) is 16.3. The SMILES string of the molecule is CC(C)(C)c1cc(C(=O)Nc2cccc(C#N)c2)cc(C(C)(C)C)c1O. The molecule has 0 saturated carbocycles. The van der Waals surface area contributed by atoms with Gasteiger partial charge in [0, 0.05) is 22.4 Å². The average Bonchev–Trinajstić information content (AvgIpc) is 2.52. The van der Waals surface area contributed by atoms with Crippen LogP contribution in [0.1, 0.15) is 68.6 Å². The van der Waals surface area contributed by atoms with Gasteiger partial charge in [0.1, 0.15) is 5.75 Å². The first-order valence-corrected chi connectivity index (χ1v) is 8.63. The van der Waals surface area contributed by atoms with Gasteiger partial charge in [0.25, 0.3) is 5.91 Å². The minimum atomic E-state index is -0.304. The number of nitrogens with zero attached hydrogens (tertiary/aromatic N) is 1. The second kappa shape index (κ2) is 6.84. The van der Waals surface area contributed by atoms with Crippen LogP contribution in [0.2, 0.25) is 0 Å². The summed E-state index contributed by atoms with van der Waals surface area (Å²) in [5, 5.41) is 22.6. The summed E-state index contributed by atoms with van der Waals surface area (Å²) in [7, 11) is 0. The number of carbonyl (C=O) groups is 1. The van der Waals surface area contributed by atoms with Crippen molar-refractivity contribution < 1.29 is 9.90 Å². The van der Waals surface area contributed by atoms with Gasteiger partial charge < -0.3 is 10.4 Å². The van der Waals surface area contributed by atoms with E-state index in [0.717, 1.165) is 11.1 Å². The third kappa shape index (κ3) is 4.23. The lowest BCUT2D eigenvalue weighted by Gasteiger charge is -2.28. The maximum Gasteiger partial charge on any atom is 0.255 e. The molecular formula is C22H26N2O2. The zero-order valence-electron chi connectivity index (χ0n) is 16.3. The number of nitriles is 1. The minimum absolute atomic E-state index is 0.244. The number of hydrogen-bond donors (Lipinski definition) is 2. The van der Waals surface area contributed by atoms with Gasteiger partial charge in [0.2, 0.25) is 0 Å². The normalized spacial score (nSPS) is 11.7. The van der Waals surface area contributed by atoms with Gasteiger partial charge in [-0.25, -0.2) is 0 Å². The molecule has 2 aromatic carbocycles. The first-order chi connectivity index (χ1) is 11.9. The monoisotopic (exact) mass is 350 g/mol. The van der Waals surface area contributed by atoms with E-state index in [1.165, 1.54) is 0 Å². The Labute approximate surface area is 155 Å². The molecular weight excluding hydrogens is 324 g/mol. The van der Waals surface area contributed by atoms with Crippen molar-refractivity contribution in [1.82, 2.24) is 0 Å². The lowest BCUT2D eigenvalue weighted by Crippen LogP contribution is -2.20. The highest BCUT2D eigenvalue weighted by Crippen LogP contribution is 2.39. The fourth-order valence-electron chi connectivity index (χ4n) is 2.78. The van der Waals surface area contributed by atoms with E-state index in [4.69, 9.17) is 5.26 Å². The van der Waals surface area contributed by atoms with E-state index in [0.29, 0.717) is 16.8 Å². The van der Waals surface area contributed by atoms with Crippen LogP contribution >= 0.6 is 0 Å². The Morgan fingerprint density at radius 2 is 1.54 bits per heavy atom. The fourth-order valence-corrected chi connectivity index (χ4v) is 2.78. The standard InChI is InChI=1S/C22H26N2O2/c1-21(2,3)17-11-15(12-18(19(17)25)22(4,5)6)20(26)24-16-9-7-8-14(10-16)13-23/h7-12,25H,1-6H3,(H,24,26). The predicted octanol–water partition coefficient (Wildman–Crippen LogP) is 5.11. The summed E-state index contributed by atoms with van der Waals surface area (Å²) in [5.74, 6) is -0.0240. The van der Waals surface area contributed by atoms with Gasteiger partial charge in [-0.1, -0.05) is 47.6 Å². The van der Waals surface area contributed by atoms with Gasteiger partial charge in [-0.05, 0) is 41.2 Å². The number of amides is 1. The van der Waals surface area contributed by atoms with Crippen molar-refractivity contribution in [2.45, 2.75) is 52.4 Å². The first kappa shape index (κ1) is 19.5. The molecule has 0 aliphatic heterocycles. The summed E-state index contributed by atoms with van der Waals surface area (Å²) in [6.45, 7) is 12.0. The molecule has 0 aromatic heterocycles. The van der Waals surface area contributed by atoms with E-state index in [2.05, 4.69) is 11.4 Å². The van der Waals surface area contributed by atoms with Crippen LogP contribution in [0.4, 0.5) is 5.69 Å². The molecule has 0 atom stereocenters. The number of rotatable bonds is 2. The molecule has 0 unspecified atom stereocenters. The molecule has 26 heavy (non-hydrogen) atoms. The van der Waals surface area contributed by atoms with E-state index in [1.807, 2.05) is 41.5 Å². The van der Waals surface area contributed by atoms with Crippen LogP contribution in [0.5, 0.6) is 5.75 Å². The van der Waals surface area contributed by atoms with Crippen LogP contribution in [0, 0.1) is 11.3 Å². The van der Waals surface area contributed by atoms with Gasteiger partial charge in [-0.3, -0.25) is 4.79 Å². The molecule has 0 spiro atoms. The summed E-state index contributed by atoms with van der Waals surface area (Å²) < 4.78 is 0. The first-order valence-electron chi connectivity index (χ1n) is 8.63. The molecule has 2 N–H and O–H groups in total. The summed E-state index contributed by atoms with van der Waals surface area (Å²) in [6.07, 6.45) is 0. The number of nitrogens with one attached hydrogen (secondary N) is 1. The molecule has 136 valence electrons. The Balaban J connectivity index is 2.51. The third-order valence-corrected chi connectivity index (χ3v) is 4.24.